The second-order valence-corrected chi connectivity index (χ2v) is 13.3. The van der Waals surface area contributed by atoms with Crippen LogP contribution in [0.5, 0.6) is 0 Å². The molecule has 0 aliphatic carbocycles. The molecule has 6 rings (SSSR count). The van der Waals surface area contributed by atoms with Crippen molar-refractivity contribution in [2.75, 3.05) is 30.7 Å². The number of hydrogen-bond acceptors (Lipinski definition) is 17. The number of β-lactam (4-membered cyclic amide) rings is 1. The molecule has 1 aromatic rings. The number of carbonyl (C=O) groups excluding carboxylic acids is 3. The van der Waals surface area contributed by atoms with E-state index < -0.39 is 77.3 Å². The van der Waals surface area contributed by atoms with Gasteiger partial charge in [-0.1, -0.05) is 5.16 Å². The predicted octanol–water partition coefficient (Wildman–Crippen LogP) is -3.72. The summed E-state index contributed by atoms with van der Waals surface area (Å²) in [5.74, 6) is -5.26. The van der Waals surface area contributed by atoms with Crippen molar-refractivity contribution in [1.82, 2.24) is 29.8 Å². The lowest BCUT2D eigenvalue weighted by molar-refractivity contribution is -0.221. The largest absolute Gasteiger partial charge is 0.479 e. The first-order valence-electron chi connectivity index (χ1n) is 14.6. The van der Waals surface area contributed by atoms with Crippen LogP contribution in [0.4, 0.5) is 5.13 Å². The molecule has 0 saturated carbocycles. The van der Waals surface area contributed by atoms with Gasteiger partial charge in [0.2, 0.25) is 22.6 Å². The van der Waals surface area contributed by atoms with Crippen LogP contribution >= 0.6 is 23.3 Å². The quantitative estimate of drug-likeness (QED) is 0.0391. The van der Waals surface area contributed by atoms with Crippen molar-refractivity contribution in [1.29, 1.82) is 0 Å². The molecule has 5 aliphatic rings. The van der Waals surface area contributed by atoms with Crippen LogP contribution in [0.2, 0.25) is 0 Å². The Labute approximate surface area is 278 Å². The van der Waals surface area contributed by atoms with Gasteiger partial charge >= 0.3 is 11.9 Å². The molecular weight excluding hydrogens is 680 g/mol. The number of aliphatic carboxylic acids is 2. The molecule has 0 radical (unpaired) electrons. The van der Waals surface area contributed by atoms with Crippen molar-refractivity contribution in [3.63, 3.8) is 0 Å². The lowest BCUT2D eigenvalue weighted by atomic mass is 9.98. The molecule has 22 heteroatoms. The minimum absolute atomic E-state index is 0.0758. The van der Waals surface area contributed by atoms with E-state index in [4.69, 9.17) is 4.74 Å². The molecule has 0 spiro atoms. The number of ether oxygens (including phenoxy) is 1. The maximum Gasteiger partial charge on any atom is 0.352 e. The van der Waals surface area contributed by atoms with Gasteiger partial charge in [-0.15, -0.1) is 11.8 Å². The molecular formula is C26H30N8O12S2. The second kappa shape index (κ2) is 13.4. The van der Waals surface area contributed by atoms with E-state index in [2.05, 4.69) is 30.5 Å². The predicted molar refractivity (Wildman–Crippen MR) is 162 cm³/mol. The number of aromatic nitrogens is 2. The Hall–Kier alpha value is -4.19. The van der Waals surface area contributed by atoms with E-state index in [0.717, 1.165) is 17.9 Å². The molecule has 6 heterocycles. The summed E-state index contributed by atoms with van der Waals surface area (Å²) in [6.07, 6.45) is -6.23. The first-order valence-corrected chi connectivity index (χ1v) is 16.4. The summed E-state index contributed by atoms with van der Waals surface area (Å²) < 4.78 is 9.02. The zero-order valence-electron chi connectivity index (χ0n) is 24.6. The third-order valence-electron chi connectivity index (χ3n) is 8.54. The van der Waals surface area contributed by atoms with Crippen LogP contribution in [0.3, 0.4) is 0 Å². The molecule has 258 valence electrons. The Bertz CT molecular complexity index is 1630. The molecule has 0 bridgehead atoms. The number of oxime groups is 1. The van der Waals surface area contributed by atoms with Gasteiger partial charge in [0.05, 0.1) is 0 Å². The highest BCUT2D eigenvalue weighted by atomic mass is 32.2. The first-order chi connectivity index (χ1) is 22.9. The summed E-state index contributed by atoms with van der Waals surface area (Å²) in [6, 6.07) is -1.13. The van der Waals surface area contributed by atoms with Gasteiger partial charge < -0.3 is 56.3 Å². The number of thioether (sulfide) groups is 1. The van der Waals surface area contributed by atoms with Crippen molar-refractivity contribution >= 4 is 63.8 Å². The third kappa shape index (κ3) is 5.99. The molecule has 8 atom stereocenters. The molecule has 0 aromatic carbocycles. The number of aliphatic hydroxyl groups is 3. The van der Waals surface area contributed by atoms with E-state index in [1.807, 2.05) is 0 Å². The lowest BCUT2D eigenvalue weighted by Gasteiger charge is -2.49. The molecule has 5 unspecified atom stereocenters. The Balaban J connectivity index is 1.12. The first kappa shape index (κ1) is 33.7. The SMILES string of the molecule is O=C(O)C1=C(/C=C2\CCN([C@@H]3CCNC3)C2=O)CS[C@@H]2[C@H](NC(=O)/C(=N\O)c3nsc(NC4OC(C(=O)O)C(O)C(O)C4O)n3)C(=O)N12. The van der Waals surface area contributed by atoms with E-state index in [9.17, 15) is 54.7 Å². The van der Waals surface area contributed by atoms with E-state index in [1.54, 1.807) is 4.90 Å². The minimum atomic E-state index is -1.92. The number of amides is 3. The number of anilines is 1. The van der Waals surface area contributed by atoms with Gasteiger partial charge in [-0.3, -0.25) is 19.3 Å². The number of fused-ring (bicyclic) bond motifs is 1. The molecule has 20 nitrogen and oxygen atoms in total. The molecule has 3 amide bonds. The molecule has 5 aliphatic heterocycles. The summed E-state index contributed by atoms with van der Waals surface area (Å²) in [6.45, 7) is 2.03. The van der Waals surface area contributed by atoms with E-state index in [0.29, 0.717) is 42.2 Å². The van der Waals surface area contributed by atoms with Crippen LogP contribution in [-0.4, -0.2) is 159 Å². The normalized spacial score (nSPS) is 33.1. The average Bonchev–Trinajstić information content (AvgIpc) is 3.82. The van der Waals surface area contributed by atoms with Crippen molar-refractivity contribution < 1.29 is 59.4 Å². The van der Waals surface area contributed by atoms with E-state index in [-0.39, 0.29) is 28.5 Å². The summed E-state index contributed by atoms with van der Waals surface area (Å²) >= 11 is 1.76. The highest BCUT2D eigenvalue weighted by Crippen LogP contribution is 2.41. The zero-order valence-corrected chi connectivity index (χ0v) is 26.3. The highest BCUT2D eigenvalue weighted by molar-refractivity contribution is 8.00. The second-order valence-electron chi connectivity index (χ2n) is 11.4. The number of allylic oxidation sites excluding steroid dienone is 1. The fourth-order valence-corrected chi connectivity index (χ4v) is 7.99. The van der Waals surface area contributed by atoms with Gasteiger partial charge in [-0.25, -0.2) is 9.59 Å². The van der Waals surface area contributed by atoms with Crippen molar-refractivity contribution in [2.45, 2.75) is 60.9 Å². The van der Waals surface area contributed by atoms with Crippen LogP contribution in [0.15, 0.2) is 28.1 Å². The zero-order chi connectivity index (χ0) is 34.4. The van der Waals surface area contributed by atoms with Crippen molar-refractivity contribution in [3.8, 4) is 0 Å². The highest BCUT2D eigenvalue weighted by Gasteiger charge is 2.54. The number of likely N-dealkylation sites (tertiary alicyclic amines) is 1. The number of carboxylic acids is 2. The fraction of sp³-hybridized carbons (Fsp3) is 0.538. The number of carbonyl (C=O) groups is 5. The number of carboxylic acid groups (broad SMARTS) is 2. The number of rotatable bonds is 9. The number of nitrogens with zero attached hydrogens (tertiary/aromatic N) is 5. The molecule has 4 fully saturated rings. The minimum Gasteiger partial charge on any atom is -0.479 e. The van der Waals surface area contributed by atoms with Crippen LogP contribution in [0.25, 0.3) is 0 Å². The number of hydrogen-bond donors (Lipinski definition) is 9. The lowest BCUT2D eigenvalue weighted by Crippen LogP contribution is -2.71. The smallest absolute Gasteiger partial charge is 0.352 e. The van der Waals surface area contributed by atoms with Gasteiger partial charge in [0, 0.05) is 42.0 Å². The Morgan fingerprint density at radius 2 is 1.90 bits per heavy atom. The molecule has 4 saturated heterocycles. The molecule has 1 aromatic heterocycles. The van der Waals surface area contributed by atoms with Gasteiger partial charge in [0.25, 0.3) is 11.8 Å². The maximum absolute atomic E-state index is 13.2. The summed E-state index contributed by atoms with van der Waals surface area (Å²) in [5.41, 5.74) is -0.263. The standard InChI is InChI=1S/C26H30N8O12S2/c35-14-15(36)17(25(43)44)46-20(16(14)37)30-26-29-18(32-48-26)11(31-45)19(38)28-12-22(40)34-13(24(41)42)9(7-47-23(12)34)5-8-2-4-33(21(8)39)10-1-3-27-6-10/h5,10,12,14-17,20,23,27,35-37,45H,1-4,6-7H2,(H,28,38)(H,41,42)(H,43,44)(H,29,30,32)/b8-5+,31-11-/t10-,12-,14?,15?,16?,17?,20?,23-/m1/s1. The Morgan fingerprint density at radius 1 is 1.12 bits per heavy atom. The summed E-state index contributed by atoms with van der Waals surface area (Å²) in [5, 5.41) is 69.0. The molecule has 48 heavy (non-hydrogen) atoms. The van der Waals surface area contributed by atoms with Crippen molar-refractivity contribution in [3.05, 3.63) is 28.7 Å². The van der Waals surface area contributed by atoms with Crippen molar-refractivity contribution in [2.24, 2.45) is 5.16 Å². The van der Waals surface area contributed by atoms with Gasteiger partial charge in [-0.2, -0.15) is 9.36 Å². The summed E-state index contributed by atoms with van der Waals surface area (Å²) in [4.78, 5) is 69.8. The van der Waals surface area contributed by atoms with Gasteiger partial charge in [0.1, 0.15) is 35.4 Å². The molecule has 9 N–H and O–H groups in total. The van der Waals surface area contributed by atoms with Crippen LogP contribution < -0.4 is 16.0 Å². The van der Waals surface area contributed by atoms with Gasteiger partial charge in [-0.05, 0) is 31.0 Å². The van der Waals surface area contributed by atoms with Gasteiger partial charge in [0.15, 0.2) is 12.3 Å². The average molecular weight is 711 g/mol. The monoisotopic (exact) mass is 710 g/mol. The van der Waals surface area contributed by atoms with E-state index in [1.165, 1.54) is 17.8 Å². The third-order valence-corrected chi connectivity index (χ3v) is 10.5. The number of aliphatic hydroxyl groups excluding tert-OH is 3. The van der Waals surface area contributed by atoms with E-state index >= 15 is 0 Å². The summed E-state index contributed by atoms with van der Waals surface area (Å²) in [7, 11) is 0. The van der Waals surface area contributed by atoms with Crippen LogP contribution in [-0.2, 0) is 28.7 Å². The van der Waals surface area contributed by atoms with Crippen LogP contribution in [0.1, 0.15) is 18.7 Å². The van der Waals surface area contributed by atoms with Crippen LogP contribution in [0, 0.1) is 0 Å². The number of nitrogens with one attached hydrogen (secondary N) is 3. The fourth-order valence-electron chi connectivity index (χ4n) is 6.09. The Morgan fingerprint density at radius 3 is 2.56 bits per heavy atom. The Kier molecular flexibility index (Phi) is 9.39. The maximum atomic E-state index is 13.2. The topological polar surface area (TPSA) is 297 Å².